The average Bonchev–Trinajstić information content (AvgIpc) is 2.88. The first-order chi connectivity index (χ1) is 14.9. The van der Waals surface area contributed by atoms with Crippen molar-refractivity contribution < 1.29 is 19.1 Å². The lowest BCUT2D eigenvalue weighted by molar-refractivity contribution is -0.152. The van der Waals surface area contributed by atoms with E-state index in [9.17, 15) is 9.59 Å². The minimum absolute atomic E-state index is 0.208. The Bertz CT molecular complexity index is 870. The lowest BCUT2D eigenvalue weighted by atomic mass is 10.1. The molecule has 6 nitrogen and oxygen atoms in total. The van der Waals surface area contributed by atoms with Crippen LogP contribution in [0.2, 0.25) is 0 Å². The molecule has 0 saturated carbocycles. The standard InChI is InChI=1S/C22H26N2O4S.C2H6/c1-15(25)28-20-21(16-9-11-17(27-4)12-10-16)29-19-8-6-5-7-18(19)24(22(20)26)14-13-23(2)3;1-2/h5-12,20-21H,13-14H2,1-4H3;1-2H3. The number of para-hydroxylation sites is 1. The number of rotatable bonds is 6. The van der Waals surface area contributed by atoms with Crippen LogP contribution in [-0.4, -0.2) is 57.2 Å². The Labute approximate surface area is 189 Å². The second kappa shape index (κ2) is 11.8. The number of amides is 1. The summed E-state index contributed by atoms with van der Waals surface area (Å²) in [5.41, 5.74) is 1.75. The highest BCUT2D eigenvalue weighted by molar-refractivity contribution is 7.99. The molecule has 1 aliphatic heterocycles. The van der Waals surface area contributed by atoms with Gasteiger partial charge in [-0.2, -0.15) is 0 Å². The Morgan fingerprint density at radius 2 is 1.74 bits per heavy atom. The predicted octanol–water partition coefficient (Wildman–Crippen LogP) is 4.39. The summed E-state index contributed by atoms with van der Waals surface area (Å²) >= 11 is 1.54. The molecular weight excluding hydrogens is 412 g/mol. The minimum atomic E-state index is -0.916. The van der Waals surface area contributed by atoms with Gasteiger partial charge in [-0.1, -0.05) is 38.1 Å². The Hall–Kier alpha value is -2.51. The second-order valence-corrected chi connectivity index (χ2v) is 8.29. The van der Waals surface area contributed by atoms with Crippen molar-refractivity contribution in [1.29, 1.82) is 0 Å². The van der Waals surface area contributed by atoms with Crippen LogP contribution in [0, 0.1) is 0 Å². The number of esters is 1. The number of fused-ring (bicyclic) bond motifs is 1. The summed E-state index contributed by atoms with van der Waals surface area (Å²) in [7, 11) is 5.54. The zero-order valence-electron chi connectivity index (χ0n) is 19.1. The molecule has 1 amide bonds. The van der Waals surface area contributed by atoms with Crippen molar-refractivity contribution in [2.75, 3.05) is 39.2 Å². The number of hydrogen-bond acceptors (Lipinski definition) is 6. The highest BCUT2D eigenvalue weighted by atomic mass is 32.2. The van der Waals surface area contributed by atoms with Gasteiger partial charge in [0.15, 0.2) is 6.10 Å². The molecule has 0 radical (unpaired) electrons. The maximum absolute atomic E-state index is 13.6. The van der Waals surface area contributed by atoms with Crippen molar-refractivity contribution >= 4 is 29.3 Å². The number of likely N-dealkylation sites (N-methyl/N-ethyl adjacent to an activating group) is 1. The normalized spacial score (nSPS) is 17.9. The summed E-state index contributed by atoms with van der Waals surface area (Å²) in [5, 5.41) is -0.359. The van der Waals surface area contributed by atoms with E-state index in [1.54, 1.807) is 23.8 Å². The largest absolute Gasteiger partial charge is 0.497 e. The van der Waals surface area contributed by atoms with Gasteiger partial charge in [-0.15, -0.1) is 11.8 Å². The van der Waals surface area contributed by atoms with Crippen molar-refractivity contribution in [3.8, 4) is 5.75 Å². The van der Waals surface area contributed by atoms with Gasteiger partial charge in [-0.3, -0.25) is 9.59 Å². The Kier molecular flexibility index (Phi) is 9.40. The summed E-state index contributed by atoms with van der Waals surface area (Å²) in [6.45, 7) is 6.55. The van der Waals surface area contributed by atoms with E-state index in [0.29, 0.717) is 13.1 Å². The predicted molar refractivity (Wildman–Crippen MR) is 126 cm³/mol. The third-order valence-corrected chi connectivity index (χ3v) is 6.07. The highest BCUT2D eigenvalue weighted by Gasteiger charge is 2.40. The molecule has 3 rings (SSSR count). The number of carbonyl (C=O) groups excluding carboxylic acids is 2. The summed E-state index contributed by atoms with van der Waals surface area (Å²) in [4.78, 5) is 30.2. The van der Waals surface area contributed by atoms with Gasteiger partial charge in [0, 0.05) is 24.9 Å². The van der Waals surface area contributed by atoms with E-state index >= 15 is 0 Å². The van der Waals surface area contributed by atoms with Gasteiger partial charge in [0.25, 0.3) is 5.91 Å². The quantitative estimate of drug-likeness (QED) is 0.616. The number of ether oxygens (including phenoxy) is 2. The van der Waals surface area contributed by atoms with Gasteiger partial charge in [-0.25, -0.2) is 0 Å². The average molecular weight is 445 g/mol. The van der Waals surface area contributed by atoms with Crippen LogP contribution in [0.3, 0.4) is 0 Å². The topological polar surface area (TPSA) is 59.1 Å². The monoisotopic (exact) mass is 444 g/mol. The fourth-order valence-electron chi connectivity index (χ4n) is 3.24. The first kappa shape index (κ1) is 24.8. The summed E-state index contributed by atoms with van der Waals surface area (Å²) in [5.74, 6) is 0.0528. The molecule has 2 aromatic carbocycles. The van der Waals surface area contributed by atoms with Gasteiger partial charge in [0.05, 0.1) is 18.0 Å². The lowest BCUT2D eigenvalue weighted by Crippen LogP contribution is -2.45. The number of nitrogens with zero attached hydrogens (tertiary/aromatic N) is 2. The molecule has 1 aliphatic rings. The first-order valence-corrected chi connectivity index (χ1v) is 11.3. The van der Waals surface area contributed by atoms with Crippen LogP contribution in [0.4, 0.5) is 5.69 Å². The molecule has 0 bridgehead atoms. The van der Waals surface area contributed by atoms with Crippen LogP contribution in [0.5, 0.6) is 5.75 Å². The number of hydrogen-bond donors (Lipinski definition) is 0. The van der Waals surface area contributed by atoms with Crippen molar-refractivity contribution in [1.82, 2.24) is 4.90 Å². The fourth-order valence-corrected chi connectivity index (χ4v) is 4.56. The van der Waals surface area contributed by atoms with Crippen LogP contribution < -0.4 is 9.64 Å². The van der Waals surface area contributed by atoms with E-state index in [4.69, 9.17) is 9.47 Å². The molecule has 2 unspecified atom stereocenters. The van der Waals surface area contributed by atoms with E-state index in [1.807, 2.05) is 81.4 Å². The number of methoxy groups -OCH3 is 1. The van der Waals surface area contributed by atoms with Crippen LogP contribution in [0.1, 0.15) is 31.6 Å². The molecule has 1 heterocycles. The summed E-state index contributed by atoms with van der Waals surface area (Å²) in [6.07, 6.45) is -0.916. The molecule has 31 heavy (non-hydrogen) atoms. The second-order valence-electron chi connectivity index (χ2n) is 7.10. The van der Waals surface area contributed by atoms with Gasteiger partial charge < -0.3 is 19.3 Å². The zero-order chi connectivity index (χ0) is 23.0. The summed E-state index contributed by atoms with van der Waals surface area (Å²) in [6, 6.07) is 15.4. The minimum Gasteiger partial charge on any atom is -0.497 e. The molecule has 2 atom stereocenters. The maximum atomic E-state index is 13.6. The Morgan fingerprint density at radius 1 is 1.10 bits per heavy atom. The third kappa shape index (κ3) is 6.24. The molecule has 0 fully saturated rings. The van der Waals surface area contributed by atoms with Crippen LogP contribution in [0.15, 0.2) is 53.4 Å². The van der Waals surface area contributed by atoms with Crippen LogP contribution >= 0.6 is 11.8 Å². The Balaban J connectivity index is 0.00000166. The van der Waals surface area contributed by atoms with Gasteiger partial charge in [-0.05, 0) is 43.9 Å². The molecule has 0 N–H and O–H groups in total. The number of benzene rings is 2. The van der Waals surface area contributed by atoms with Crippen molar-refractivity contribution in [2.45, 2.75) is 37.0 Å². The number of carbonyl (C=O) groups is 2. The van der Waals surface area contributed by atoms with Crippen LogP contribution in [-0.2, 0) is 14.3 Å². The maximum Gasteiger partial charge on any atom is 0.303 e. The van der Waals surface area contributed by atoms with Gasteiger partial charge in [0.2, 0.25) is 0 Å². The van der Waals surface area contributed by atoms with Gasteiger partial charge in [0.1, 0.15) is 5.75 Å². The van der Waals surface area contributed by atoms with Crippen molar-refractivity contribution in [2.24, 2.45) is 0 Å². The zero-order valence-corrected chi connectivity index (χ0v) is 19.9. The molecule has 7 heteroatoms. The smallest absolute Gasteiger partial charge is 0.303 e. The van der Waals surface area contributed by atoms with E-state index in [2.05, 4.69) is 0 Å². The molecule has 0 spiro atoms. The third-order valence-electron chi connectivity index (χ3n) is 4.70. The van der Waals surface area contributed by atoms with E-state index in [1.165, 1.54) is 6.92 Å². The van der Waals surface area contributed by atoms with Crippen LogP contribution in [0.25, 0.3) is 0 Å². The lowest BCUT2D eigenvalue weighted by Gasteiger charge is -2.28. The molecule has 0 aliphatic carbocycles. The number of anilines is 1. The van der Waals surface area contributed by atoms with E-state index < -0.39 is 12.1 Å². The van der Waals surface area contributed by atoms with Crippen molar-refractivity contribution in [3.05, 3.63) is 54.1 Å². The molecule has 0 saturated heterocycles. The molecule has 2 aromatic rings. The SMILES string of the molecule is CC.COc1ccc(C2Sc3ccccc3N(CCN(C)C)C(=O)C2OC(C)=O)cc1. The number of thioether (sulfide) groups is 1. The summed E-state index contributed by atoms with van der Waals surface area (Å²) < 4.78 is 10.8. The molecular formula is C24H32N2O4S. The highest BCUT2D eigenvalue weighted by Crippen LogP contribution is 2.46. The van der Waals surface area contributed by atoms with Gasteiger partial charge >= 0.3 is 5.97 Å². The Morgan fingerprint density at radius 3 is 2.32 bits per heavy atom. The fraction of sp³-hybridized carbons (Fsp3) is 0.417. The van der Waals surface area contributed by atoms with E-state index in [0.717, 1.165) is 21.9 Å². The van der Waals surface area contributed by atoms with Crippen molar-refractivity contribution in [3.63, 3.8) is 0 Å². The molecule has 168 valence electrons. The first-order valence-electron chi connectivity index (χ1n) is 10.4. The van der Waals surface area contributed by atoms with E-state index in [-0.39, 0.29) is 11.2 Å². The molecule has 0 aromatic heterocycles.